The third-order valence-corrected chi connectivity index (χ3v) is 3.69. The maximum absolute atomic E-state index is 12.0. The average molecular weight is 283 g/mol. The van der Waals surface area contributed by atoms with Gasteiger partial charge in [0.25, 0.3) is 0 Å². The predicted molar refractivity (Wildman–Crippen MR) is 75.4 cm³/mol. The molecular formula is C14H19ClN2O2. The number of benzene rings is 1. The number of hydrogen-bond donors (Lipinski definition) is 1. The first-order chi connectivity index (χ1) is 8.77. The second-order valence-corrected chi connectivity index (χ2v) is 5.17. The van der Waals surface area contributed by atoms with E-state index in [4.69, 9.17) is 4.74 Å². The second-order valence-electron chi connectivity index (χ2n) is 5.17. The smallest absolute Gasteiger partial charge is 0.410 e. The summed E-state index contributed by atoms with van der Waals surface area (Å²) in [5, 5.41) is 3.48. The minimum absolute atomic E-state index is 0. The lowest BCUT2D eigenvalue weighted by Gasteiger charge is -2.33. The van der Waals surface area contributed by atoms with Crippen LogP contribution in [-0.4, -0.2) is 36.2 Å². The van der Waals surface area contributed by atoms with Crippen LogP contribution in [0.2, 0.25) is 0 Å². The fourth-order valence-corrected chi connectivity index (χ4v) is 2.41. The third-order valence-electron chi connectivity index (χ3n) is 3.69. The van der Waals surface area contributed by atoms with E-state index in [1.165, 1.54) is 12.8 Å². The Labute approximate surface area is 119 Å². The van der Waals surface area contributed by atoms with Crippen LogP contribution in [-0.2, 0) is 11.3 Å². The maximum Gasteiger partial charge on any atom is 0.410 e. The molecule has 19 heavy (non-hydrogen) atoms. The van der Waals surface area contributed by atoms with Gasteiger partial charge in [0, 0.05) is 25.2 Å². The highest BCUT2D eigenvalue weighted by Crippen LogP contribution is 2.37. The zero-order chi connectivity index (χ0) is 12.4. The monoisotopic (exact) mass is 282 g/mol. The van der Waals surface area contributed by atoms with Crippen LogP contribution in [0.3, 0.4) is 0 Å². The lowest BCUT2D eigenvalue weighted by Crippen LogP contribution is -2.54. The Bertz CT molecular complexity index is 434. The first-order valence-corrected chi connectivity index (χ1v) is 6.48. The molecule has 1 heterocycles. The molecule has 5 heteroatoms. The summed E-state index contributed by atoms with van der Waals surface area (Å²) in [6.07, 6.45) is 2.16. The Kier molecular flexibility index (Phi) is 4.32. The minimum atomic E-state index is -0.188. The van der Waals surface area contributed by atoms with Gasteiger partial charge in [0.05, 0.1) is 0 Å². The largest absolute Gasteiger partial charge is 0.445 e. The Hall–Kier alpha value is -1.26. The van der Waals surface area contributed by atoms with Gasteiger partial charge in [-0.15, -0.1) is 12.4 Å². The number of halogens is 1. The van der Waals surface area contributed by atoms with E-state index in [1.54, 1.807) is 0 Å². The van der Waals surface area contributed by atoms with Gasteiger partial charge in [-0.05, 0) is 18.4 Å². The number of rotatable bonds is 2. The molecule has 1 N–H and O–H groups in total. The number of carbonyl (C=O) groups excluding carboxylic acids is 1. The van der Waals surface area contributed by atoms with Crippen molar-refractivity contribution in [2.45, 2.75) is 25.0 Å². The SMILES string of the molecule is Cl.O=C(OCc1ccccc1)N1CCNC2(CC2)C1. The molecule has 0 aromatic heterocycles. The fraction of sp³-hybridized carbons (Fsp3) is 0.500. The molecule has 2 aliphatic rings. The van der Waals surface area contributed by atoms with Gasteiger partial charge >= 0.3 is 6.09 Å². The number of ether oxygens (including phenoxy) is 1. The third kappa shape index (κ3) is 3.39. The molecule has 1 saturated heterocycles. The molecule has 1 aromatic carbocycles. The number of hydrogen-bond acceptors (Lipinski definition) is 3. The first-order valence-electron chi connectivity index (χ1n) is 6.48. The van der Waals surface area contributed by atoms with Gasteiger partial charge in [0.15, 0.2) is 0 Å². The van der Waals surface area contributed by atoms with Gasteiger partial charge in [-0.25, -0.2) is 4.79 Å². The van der Waals surface area contributed by atoms with E-state index in [-0.39, 0.29) is 24.0 Å². The molecule has 1 amide bonds. The van der Waals surface area contributed by atoms with E-state index in [2.05, 4.69) is 5.32 Å². The molecule has 3 rings (SSSR count). The van der Waals surface area contributed by atoms with Crippen LogP contribution in [0.1, 0.15) is 18.4 Å². The van der Waals surface area contributed by atoms with Gasteiger partial charge in [-0.1, -0.05) is 30.3 Å². The molecule has 2 fully saturated rings. The van der Waals surface area contributed by atoms with E-state index in [0.29, 0.717) is 6.61 Å². The number of carbonyl (C=O) groups is 1. The maximum atomic E-state index is 12.0. The van der Waals surface area contributed by atoms with Crippen LogP contribution in [0, 0.1) is 0 Å². The summed E-state index contributed by atoms with van der Waals surface area (Å²) in [4.78, 5) is 13.8. The van der Waals surface area contributed by atoms with Crippen molar-refractivity contribution in [3.8, 4) is 0 Å². The highest BCUT2D eigenvalue weighted by molar-refractivity contribution is 5.85. The lowest BCUT2D eigenvalue weighted by atomic mass is 10.2. The predicted octanol–water partition coefficient (Wildman–Crippen LogP) is 2.18. The van der Waals surface area contributed by atoms with Gasteiger partial charge in [-0.2, -0.15) is 0 Å². The van der Waals surface area contributed by atoms with E-state index in [9.17, 15) is 4.79 Å². The van der Waals surface area contributed by atoms with Gasteiger partial charge in [-0.3, -0.25) is 0 Å². The Morgan fingerprint density at radius 1 is 1.32 bits per heavy atom. The molecule has 4 nitrogen and oxygen atoms in total. The van der Waals surface area contributed by atoms with Crippen LogP contribution in [0.15, 0.2) is 30.3 Å². The lowest BCUT2D eigenvalue weighted by molar-refractivity contribution is 0.0826. The molecule has 0 radical (unpaired) electrons. The highest BCUT2D eigenvalue weighted by atomic mass is 35.5. The van der Waals surface area contributed by atoms with Crippen molar-refractivity contribution in [1.29, 1.82) is 0 Å². The summed E-state index contributed by atoms with van der Waals surface area (Å²) < 4.78 is 5.35. The minimum Gasteiger partial charge on any atom is -0.445 e. The van der Waals surface area contributed by atoms with Crippen molar-refractivity contribution >= 4 is 18.5 Å². The average Bonchev–Trinajstić information content (AvgIpc) is 3.16. The molecule has 104 valence electrons. The zero-order valence-corrected chi connectivity index (χ0v) is 11.6. The number of amides is 1. The Morgan fingerprint density at radius 2 is 2.05 bits per heavy atom. The van der Waals surface area contributed by atoms with Crippen molar-refractivity contribution in [2.24, 2.45) is 0 Å². The topological polar surface area (TPSA) is 41.6 Å². The van der Waals surface area contributed by atoms with Crippen LogP contribution >= 0.6 is 12.4 Å². The van der Waals surface area contributed by atoms with Crippen molar-refractivity contribution in [3.05, 3.63) is 35.9 Å². The second kappa shape index (κ2) is 5.80. The molecule has 1 aliphatic heterocycles. The van der Waals surface area contributed by atoms with E-state index >= 15 is 0 Å². The van der Waals surface area contributed by atoms with Crippen molar-refractivity contribution < 1.29 is 9.53 Å². The van der Waals surface area contributed by atoms with Crippen LogP contribution in [0.25, 0.3) is 0 Å². The van der Waals surface area contributed by atoms with Gasteiger partial charge in [0.2, 0.25) is 0 Å². The van der Waals surface area contributed by atoms with Crippen LogP contribution in [0.5, 0.6) is 0 Å². The normalized spacial score (nSPS) is 19.7. The summed E-state index contributed by atoms with van der Waals surface area (Å²) in [6, 6.07) is 9.79. The summed E-state index contributed by atoms with van der Waals surface area (Å²) in [7, 11) is 0. The summed E-state index contributed by atoms with van der Waals surface area (Å²) in [6.45, 7) is 2.77. The van der Waals surface area contributed by atoms with Crippen LogP contribution in [0.4, 0.5) is 4.79 Å². The van der Waals surface area contributed by atoms with E-state index in [1.807, 2.05) is 35.2 Å². The summed E-state index contributed by atoms with van der Waals surface area (Å²) in [5.74, 6) is 0. The highest BCUT2D eigenvalue weighted by Gasteiger charge is 2.46. The van der Waals surface area contributed by atoms with Gasteiger partial charge in [0.1, 0.15) is 6.61 Å². The molecule has 1 saturated carbocycles. The first kappa shape index (κ1) is 14.2. The number of piperazine rings is 1. The molecule has 0 atom stereocenters. The fourth-order valence-electron chi connectivity index (χ4n) is 2.41. The molecule has 0 bridgehead atoms. The molecule has 1 aromatic rings. The standard InChI is InChI=1S/C14H18N2O2.ClH/c17-13(18-10-12-4-2-1-3-5-12)16-9-8-15-14(11-16)6-7-14;/h1-5,15H,6-11H2;1H. The number of nitrogens with zero attached hydrogens (tertiary/aromatic N) is 1. The van der Waals surface area contributed by atoms with Crippen molar-refractivity contribution in [1.82, 2.24) is 10.2 Å². The molecular weight excluding hydrogens is 264 g/mol. The van der Waals surface area contributed by atoms with E-state index < -0.39 is 0 Å². The summed E-state index contributed by atoms with van der Waals surface area (Å²) >= 11 is 0. The van der Waals surface area contributed by atoms with Crippen molar-refractivity contribution in [2.75, 3.05) is 19.6 Å². The number of nitrogens with one attached hydrogen (secondary N) is 1. The Balaban J connectivity index is 0.00000133. The van der Waals surface area contributed by atoms with Crippen molar-refractivity contribution in [3.63, 3.8) is 0 Å². The zero-order valence-electron chi connectivity index (χ0n) is 10.8. The molecule has 0 unspecified atom stereocenters. The van der Waals surface area contributed by atoms with E-state index in [0.717, 1.165) is 25.2 Å². The quantitative estimate of drug-likeness (QED) is 0.904. The van der Waals surface area contributed by atoms with Crippen LogP contribution < -0.4 is 5.32 Å². The molecule has 1 aliphatic carbocycles. The molecule has 1 spiro atoms. The van der Waals surface area contributed by atoms with Gasteiger partial charge < -0.3 is 15.0 Å². The summed E-state index contributed by atoms with van der Waals surface area (Å²) in [5.41, 5.74) is 1.24. The Morgan fingerprint density at radius 3 is 2.74 bits per heavy atom.